The SMILES string of the molecule is CCCNC1(C(N)=O)CCCC1CCN1CCN(C)CC1. The number of carbonyl (C=O) groups excluding carboxylic acids is 1. The zero-order chi connectivity index (χ0) is 15.3. The molecule has 2 unspecified atom stereocenters. The van der Waals surface area contributed by atoms with Crippen molar-refractivity contribution in [2.45, 2.75) is 44.6 Å². The molecule has 2 atom stereocenters. The quantitative estimate of drug-likeness (QED) is 0.724. The number of rotatable bonds is 7. The molecule has 2 aliphatic rings. The number of primary amides is 1. The Kier molecular flexibility index (Phi) is 6.02. The maximum absolute atomic E-state index is 12.1. The molecule has 0 aromatic rings. The van der Waals surface area contributed by atoms with Crippen LogP contribution in [-0.4, -0.2) is 67.6 Å². The lowest BCUT2D eigenvalue weighted by molar-refractivity contribution is -0.126. The van der Waals surface area contributed by atoms with Gasteiger partial charge in [0.2, 0.25) is 5.91 Å². The van der Waals surface area contributed by atoms with E-state index >= 15 is 0 Å². The monoisotopic (exact) mass is 296 g/mol. The van der Waals surface area contributed by atoms with E-state index in [0.29, 0.717) is 5.92 Å². The molecule has 2 rings (SSSR count). The molecular formula is C16H32N4O. The molecule has 0 aromatic carbocycles. The van der Waals surface area contributed by atoms with Crippen LogP contribution in [0.2, 0.25) is 0 Å². The van der Waals surface area contributed by atoms with Crippen LogP contribution in [0.4, 0.5) is 0 Å². The van der Waals surface area contributed by atoms with E-state index in [2.05, 4.69) is 29.1 Å². The summed E-state index contributed by atoms with van der Waals surface area (Å²) in [6.07, 6.45) is 5.29. The molecule has 2 fully saturated rings. The molecule has 122 valence electrons. The standard InChI is InChI=1S/C16H32N4O/c1-3-8-18-16(15(17)21)7-4-5-14(16)6-9-20-12-10-19(2)11-13-20/h14,18H,3-13H2,1-2H3,(H2,17,21). The molecule has 5 heteroatoms. The first-order valence-corrected chi connectivity index (χ1v) is 8.54. The zero-order valence-electron chi connectivity index (χ0n) is 13.7. The maximum atomic E-state index is 12.1. The van der Waals surface area contributed by atoms with Gasteiger partial charge >= 0.3 is 0 Å². The van der Waals surface area contributed by atoms with Crippen LogP contribution >= 0.6 is 0 Å². The summed E-state index contributed by atoms with van der Waals surface area (Å²) in [6, 6.07) is 0. The Morgan fingerprint density at radius 1 is 1.33 bits per heavy atom. The molecule has 5 nitrogen and oxygen atoms in total. The topological polar surface area (TPSA) is 61.6 Å². The van der Waals surface area contributed by atoms with Crippen LogP contribution in [0.5, 0.6) is 0 Å². The van der Waals surface area contributed by atoms with Gasteiger partial charge < -0.3 is 20.9 Å². The molecule has 1 amide bonds. The van der Waals surface area contributed by atoms with Crippen molar-refractivity contribution in [1.82, 2.24) is 15.1 Å². The summed E-state index contributed by atoms with van der Waals surface area (Å²) in [5.41, 5.74) is 5.33. The summed E-state index contributed by atoms with van der Waals surface area (Å²) < 4.78 is 0. The summed E-state index contributed by atoms with van der Waals surface area (Å²) in [4.78, 5) is 17.0. The van der Waals surface area contributed by atoms with Gasteiger partial charge in [0.25, 0.3) is 0 Å². The molecule has 3 N–H and O–H groups in total. The number of piperazine rings is 1. The number of hydrogen-bond acceptors (Lipinski definition) is 4. The molecule has 1 aliphatic carbocycles. The Hall–Kier alpha value is -0.650. The predicted molar refractivity (Wildman–Crippen MR) is 86.1 cm³/mol. The first-order chi connectivity index (χ1) is 10.1. The fourth-order valence-corrected chi connectivity index (χ4v) is 3.87. The van der Waals surface area contributed by atoms with Gasteiger partial charge in [-0.1, -0.05) is 13.3 Å². The van der Waals surface area contributed by atoms with Gasteiger partial charge in [-0.3, -0.25) is 4.79 Å². The van der Waals surface area contributed by atoms with Crippen LogP contribution < -0.4 is 11.1 Å². The fourth-order valence-electron chi connectivity index (χ4n) is 3.87. The Morgan fingerprint density at radius 2 is 2.05 bits per heavy atom. The summed E-state index contributed by atoms with van der Waals surface area (Å²) in [5.74, 6) is 0.262. The Morgan fingerprint density at radius 3 is 2.67 bits per heavy atom. The number of carbonyl (C=O) groups is 1. The normalized spacial score (nSPS) is 31.6. The van der Waals surface area contributed by atoms with E-state index in [1.807, 2.05) is 0 Å². The minimum atomic E-state index is -0.442. The molecule has 1 heterocycles. The molecule has 1 aliphatic heterocycles. The second-order valence-electron chi connectivity index (χ2n) is 6.79. The van der Waals surface area contributed by atoms with Gasteiger partial charge in [-0.05, 0) is 51.7 Å². The van der Waals surface area contributed by atoms with Crippen LogP contribution in [0, 0.1) is 5.92 Å². The van der Waals surface area contributed by atoms with Gasteiger partial charge in [0.15, 0.2) is 0 Å². The Labute approximate surface area is 129 Å². The minimum absolute atomic E-state index is 0.142. The number of amides is 1. The van der Waals surface area contributed by atoms with E-state index in [4.69, 9.17) is 5.73 Å². The van der Waals surface area contributed by atoms with Crippen LogP contribution in [-0.2, 0) is 4.79 Å². The van der Waals surface area contributed by atoms with Gasteiger partial charge in [0, 0.05) is 26.2 Å². The van der Waals surface area contributed by atoms with Crippen LogP contribution in [0.25, 0.3) is 0 Å². The molecular weight excluding hydrogens is 264 g/mol. The van der Waals surface area contributed by atoms with Crippen LogP contribution in [0.1, 0.15) is 39.0 Å². The average Bonchev–Trinajstić information content (AvgIpc) is 2.89. The van der Waals surface area contributed by atoms with E-state index in [-0.39, 0.29) is 5.91 Å². The van der Waals surface area contributed by atoms with Gasteiger partial charge in [-0.25, -0.2) is 0 Å². The largest absolute Gasteiger partial charge is 0.368 e. The lowest BCUT2D eigenvalue weighted by Gasteiger charge is -2.37. The van der Waals surface area contributed by atoms with Gasteiger partial charge in [-0.15, -0.1) is 0 Å². The predicted octanol–water partition coefficient (Wildman–Crippen LogP) is 0.648. The smallest absolute Gasteiger partial charge is 0.238 e. The number of nitrogens with one attached hydrogen (secondary N) is 1. The van der Waals surface area contributed by atoms with Gasteiger partial charge in [-0.2, -0.15) is 0 Å². The van der Waals surface area contributed by atoms with E-state index in [1.165, 1.54) is 0 Å². The van der Waals surface area contributed by atoms with Crippen molar-refractivity contribution in [1.29, 1.82) is 0 Å². The Balaban J connectivity index is 1.89. The molecule has 1 saturated carbocycles. The highest BCUT2D eigenvalue weighted by Crippen LogP contribution is 2.38. The van der Waals surface area contributed by atoms with Crippen molar-refractivity contribution in [3.05, 3.63) is 0 Å². The summed E-state index contributed by atoms with van der Waals surface area (Å²) in [7, 11) is 2.18. The van der Waals surface area contributed by atoms with Crippen LogP contribution in [0.3, 0.4) is 0 Å². The minimum Gasteiger partial charge on any atom is -0.368 e. The number of nitrogens with zero attached hydrogens (tertiary/aromatic N) is 2. The van der Waals surface area contributed by atoms with Crippen molar-refractivity contribution < 1.29 is 4.79 Å². The first-order valence-electron chi connectivity index (χ1n) is 8.54. The maximum Gasteiger partial charge on any atom is 0.238 e. The van der Waals surface area contributed by atoms with Gasteiger partial charge in [0.1, 0.15) is 5.54 Å². The molecule has 0 bridgehead atoms. The van der Waals surface area contributed by atoms with E-state index < -0.39 is 5.54 Å². The van der Waals surface area contributed by atoms with Gasteiger partial charge in [0.05, 0.1) is 0 Å². The lowest BCUT2D eigenvalue weighted by Crippen LogP contribution is -2.58. The van der Waals surface area contributed by atoms with E-state index in [1.54, 1.807) is 0 Å². The highest BCUT2D eigenvalue weighted by molar-refractivity contribution is 5.85. The molecule has 0 spiro atoms. The summed E-state index contributed by atoms with van der Waals surface area (Å²) in [6.45, 7) is 8.72. The first kappa shape index (κ1) is 16.7. The van der Waals surface area contributed by atoms with Crippen molar-refractivity contribution in [2.75, 3.05) is 46.3 Å². The van der Waals surface area contributed by atoms with Crippen LogP contribution in [0.15, 0.2) is 0 Å². The number of hydrogen-bond donors (Lipinski definition) is 2. The molecule has 0 radical (unpaired) electrons. The Bertz CT molecular complexity index is 341. The van der Waals surface area contributed by atoms with Crippen molar-refractivity contribution in [3.63, 3.8) is 0 Å². The zero-order valence-corrected chi connectivity index (χ0v) is 13.7. The molecule has 1 saturated heterocycles. The number of likely N-dealkylation sites (N-methyl/N-ethyl adjacent to an activating group) is 1. The second kappa shape index (κ2) is 7.56. The van der Waals surface area contributed by atoms with Crippen molar-refractivity contribution in [2.24, 2.45) is 11.7 Å². The molecule has 21 heavy (non-hydrogen) atoms. The lowest BCUT2D eigenvalue weighted by atomic mass is 9.83. The second-order valence-corrected chi connectivity index (χ2v) is 6.79. The van der Waals surface area contributed by atoms with E-state index in [0.717, 1.165) is 71.4 Å². The fraction of sp³-hybridized carbons (Fsp3) is 0.938. The highest BCUT2D eigenvalue weighted by Gasteiger charge is 2.46. The van der Waals surface area contributed by atoms with E-state index in [9.17, 15) is 4.79 Å². The average molecular weight is 296 g/mol. The third-order valence-corrected chi connectivity index (χ3v) is 5.34. The summed E-state index contributed by atoms with van der Waals surface area (Å²) in [5, 5.41) is 3.49. The molecule has 0 aromatic heterocycles. The third kappa shape index (κ3) is 3.96. The highest BCUT2D eigenvalue weighted by atomic mass is 16.1. The summed E-state index contributed by atoms with van der Waals surface area (Å²) >= 11 is 0. The van der Waals surface area contributed by atoms with Crippen molar-refractivity contribution >= 4 is 5.91 Å². The van der Waals surface area contributed by atoms with Crippen molar-refractivity contribution in [3.8, 4) is 0 Å². The number of nitrogens with two attached hydrogens (primary N) is 1. The third-order valence-electron chi connectivity index (χ3n) is 5.34.